The third-order valence-electron chi connectivity index (χ3n) is 2.71. The van der Waals surface area contributed by atoms with Crippen LogP contribution >= 0.6 is 0 Å². The number of hydrogen-bond acceptors (Lipinski definition) is 5. The largest absolute Gasteiger partial charge is 0.394 e. The number of ether oxygens (including phenoxy) is 4. The molecular weight excluding hydrogens is 260 g/mol. The summed E-state index contributed by atoms with van der Waals surface area (Å²) in [4.78, 5) is 0. The van der Waals surface area contributed by atoms with Crippen LogP contribution in [0.3, 0.4) is 0 Å². The van der Waals surface area contributed by atoms with Gasteiger partial charge in [-0.05, 0) is 34.1 Å². The smallest absolute Gasteiger partial charge is 0.0781 e. The second kappa shape index (κ2) is 12.5. The molecule has 0 rings (SSSR count). The van der Waals surface area contributed by atoms with Gasteiger partial charge in [-0.15, -0.1) is 0 Å². The Labute approximate surface area is 123 Å². The van der Waals surface area contributed by atoms with Crippen molar-refractivity contribution in [2.45, 2.75) is 65.5 Å². The first-order valence-electron chi connectivity index (χ1n) is 7.56. The minimum absolute atomic E-state index is 0.0104. The van der Waals surface area contributed by atoms with Crippen LogP contribution < -0.4 is 0 Å². The molecule has 4 atom stereocenters. The third-order valence-corrected chi connectivity index (χ3v) is 2.71. The molecule has 0 radical (unpaired) electrons. The summed E-state index contributed by atoms with van der Waals surface area (Å²) in [6.45, 7) is 12.2. The normalized spacial score (nSPS) is 17.7. The molecule has 0 saturated carbocycles. The van der Waals surface area contributed by atoms with E-state index in [0.717, 1.165) is 13.0 Å². The second-order valence-corrected chi connectivity index (χ2v) is 5.30. The Morgan fingerprint density at radius 1 is 0.700 bits per heavy atom. The first-order chi connectivity index (χ1) is 9.49. The Bertz CT molecular complexity index is 212. The third kappa shape index (κ3) is 11.6. The number of rotatable bonds is 13. The summed E-state index contributed by atoms with van der Waals surface area (Å²) < 4.78 is 22.2. The zero-order valence-corrected chi connectivity index (χ0v) is 13.6. The average molecular weight is 292 g/mol. The number of aliphatic hydroxyl groups excluding tert-OH is 1. The molecule has 0 heterocycles. The van der Waals surface area contributed by atoms with Gasteiger partial charge in [-0.25, -0.2) is 0 Å². The quantitative estimate of drug-likeness (QED) is 0.563. The number of aliphatic hydroxyl groups is 1. The van der Waals surface area contributed by atoms with Crippen LogP contribution in [0, 0.1) is 0 Å². The van der Waals surface area contributed by atoms with E-state index in [4.69, 9.17) is 24.1 Å². The van der Waals surface area contributed by atoms with Crippen LogP contribution in [0.5, 0.6) is 0 Å². The molecular formula is C15H32O5. The summed E-state index contributed by atoms with van der Waals surface area (Å²) >= 11 is 0. The van der Waals surface area contributed by atoms with Crippen molar-refractivity contribution in [2.75, 3.05) is 33.0 Å². The molecule has 0 aliphatic heterocycles. The van der Waals surface area contributed by atoms with Crippen LogP contribution in [-0.4, -0.2) is 62.6 Å². The Balaban J connectivity index is 3.58. The molecule has 122 valence electrons. The zero-order chi connectivity index (χ0) is 15.4. The van der Waals surface area contributed by atoms with Gasteiger partial charge in [0.25, 0.3) is 0 Å². The van der Waals surface area contributed by atoms with Crippen molar-refractivity contribution in [1.82, 2.24) is 0 Å². The molecule has 0 aliphatic rings. The van der Waals surface area contributed by atoms with E-state index < -0.39 is 0 Å². The highest BCUT2D eigenvalue weighted by Crippen LogP contribution is 2.02. The molecule has 4 unspecified atom stereocenters. The molecule has 0 amide bonds. The number of hydrogen-bond donors (Lipinski definition) is 1. The monoisotopic (exact) mass is 292 g/mol. The lowest BCUT2D eigenvalue weighted by atomic mass is 10.3. The summed E-state index contributed by atoms with van der Waals surface area (Å²) in [5.74, 6) is 0. The molecule has 5 heteroatoms. The first-order valence-corrected chi connectivity index (χ1v) is 7.56. The molecule has 0 fully saturated rings. The maximum Gasteiger partial charge on any atom is 0.0781 e. The summed E-state index contributed by atoms with van der Waals surface area (Å²) in [6, 6.07) is 0. The topological polar surface area (TPSA) is 57.2 Å². The fourth-order valence-electron chi connectivity index (χ4n) is 1.42. The molecule has 0 aromatic carbocycles. The van der Waals surface area contributed by atoms with Crippen LogP contribution in [0.2, 0.25) is 0 Å². The zero-order valence-electron chi connectivity index (χ0n) is 13.6. The van der Waals surface area contributed by atoms with Gasteiger partial charge in [0.15, 0.2) is 0 Å². The van der Waals surface area contributed by atoms with E-state index >= 15 is 0 Å². The van der Waals surface area contributed by atoms with Gasteiger partial charge in [-0.3, -0.25) is 0 Å². The van der Waals surface area contributed by atoms with Gasteiger partial charge in [0.1, 0.15) is 0 Å². The van der Waals surface area contributed by atoms with Crippen LogP contribution in [0.25, 0.3) is 0 Å². The van der Waals surface area contributed by atoms with Gasteiger partial charge < -0.3 is 24.1 Å². The molecule has 5 nitrogen and oxygen atoms in total. The molecule has 0 spiro atoms. The highest BCUT2D eigenvalue weighted by molar-refractivity contribution is 4.56. The van der Waals surface area contributed by atoms with Gasteiger partial charge in [-0.1, -0.05) is 6.92 Å². The van der Waals surface area contributed by atoms with Crippen molar-refractivity contribution in [3.63, 3.8) is 0 Å². The van der Waals surface area contributed by atoms with E-state index in [1.165, 1.54) is 0 Å². The Kier molecular flexibility index (Phi) is 12.4. The summed E-state index contributed by atoms with van der Waals surface area (Å²) in [6.07, 6.45) is 1.01. The minimum Gasteiger partial charge on any atom is -0.394 e. The summed E-state index contributed by atoms with van der Waals surface area (Å²) in [7, 11) is 0. The van der Waals surface area contributed by atoms with Crippen LogP contribution in [0.15, 0.2) is 0 Å². The fourth-order valence-corrected chi connectivity index (χ4v) is 1.42. The van der Waals surface area contributed by atoms with Crippen LogP contribution in [0.4, 0.5) is 0 Å². The maximum atomic E-state index is 8.85. The van der Waals surface area contributed by atoms with Crippen molar-refractivity contribution >= 4 is 0 Å². The molecule has 0 aromatic rings. The Hall–Kier alpha value is -0.200. The fraction of sp³-hybridized carbons (Fsp3) is 1.00. The van der Waals surface area contributed by atoms with E-state index in [9.17, 15) is 0 Å². The lowest BCUT2D eigenvalue weighted by Gasteiger charge is -2.20. The average Bonchev–Trinajstić information content (AvgIpc) is 2.45. The predicted molar refractivity (Wildman–Crippen MR) is 79.0 cm³/mol. The first kappa shape index (κ1) is 19.8. The summed E-state index contributed by atoms with van der Waals surface area (Å²) in [5, 5.41) is 8.85. The van der Waals surface area contributed by atoms with Gasteiger partial charge >= 0.3 is 0 Å². The molecule has 1 N–H and O–H groups in total. The van der Waals surface area contributed by atoms with Crippen molar-refractivity contribution in [1.29, 1.82) is 0 Å². The van der Waals surface area contributed by atoms with Crippen molar-refractivity contribution in [2.24, 2.45) is 0 Å². The van der Waals surface area contributed by atoms with E-state index in [1.807, 2.05) is 27.7 Å². The van der Waals surface area contributed by atoms with E-state index in [2.05, 4.69) is 6.92 Å². The van der Waals surface area contributed by atoms with E-state index in [0.29, 0.717) is 19.8 Å². The van der Waals surface area contributed by atoms with Crippen molar-refractivity contribution in [3.05, 3.63) is 0 Å². The maximum absolute atomic E-state index is 8.85. The van der Waals surface area contributed by atoms with Crippen LogP contribution in [-0.2, 0) is 18.9 Å². The Morgan fingerprint density at radius 3 is 1.50 bits per heavy atom. The van der Waals surface area contributed by atoms with Crippen molar-refractivity contribution < 1.29 is 24.1 Å². The van der Waals surface area contributed by atoms with E-state index in [1.54, 1.807) is 0 Å². The molecule has 0 bridgehead atoms. The van der Waals surface area contributed by atoms with Crippen molar-refractivity contribution in [3.8, 4) is 0 Å². The molecule has 0 saturated heterocycles. The molecule has 0 aromatic heterocycles. The molecule has 20 heavy (non-hydrogen) atoms. The Morgan fingerprint density at radius 2 is 1.10 bits per heavy atom. The summed E-state index contributed by atoms with van der Waals surface area (Å²) in [5.41, 5.74) is 0. The minimum atomic E-state index is -0.147. The van der Waals surface area contributed by atoms with Gasteiger partial charge in [-0.2, -0.15) is 0 Å². The second-order valence-electron chi connectivity index (χ2n) is 5.30. The van der Waals surface area contributed by atoms with Gasteiger partial charge in [0, 0.05) is 6.61 Å². The SMILES string of the molecule is CCCOC(C)COC(C)COC(C)COC(C)CO. The van der Waals surface area contributed by atoms with Gasteiger partial charge in [0.2, 0.25) is 0 Å². The van der Waals surface area contributed by atoms with Gasteiger partial charge in [0.05, 0.1) is 50.8 Å². The highest BCUT2D eigenvalue weighted by Gasteiger charge is 2.10. The highest BCUT2D eigenvalue weighted by atomic mass is 16.6. The lowest BCUT2D eigenvalue weighted by Crippen LogP contribution is -2.28. The van der Waals surface area contributed by atoms with Crippen LogP contribution in [0.1, 0.15) is 41.0 Å². The predicted octanol–water partition coefficient (Wildman–Crippen LogP) is 2.01. The van der Waals surface area contributed by atoms with E-state index in [-0.39, 0.29) is 31.0 Å². The lowest BCUT2D eigenvalue weighted by molar-refractivity contribution is -0.0889. The molecule has 0 aliphatic carbocycles. The standard InChI is InChI=1S/C15H32O5/c1-6-7-17-13(3)9-19-15(5)11-20-14(4)10-18-12(2)8-16/h12-16H,6-11H2,1-5H3.